The van der Waals surface area contributed by atoms with Crippen molar-refractivity contribution < 1.29 is 4.79 Å². The first-order valence-corrected chi connectivity index (χ1v) is 11.9. The van der Waals surface area contributed by atoms with Crippen LogP contribution in [0.2, 0.25) is 0 Å². The molecule has 0 spiro atoms. The molecule has 2 N–H and O–H groups in total. The van der Waals surface area contributed by atoms with E-state index in [2.05, 4.69) is 42.5 Å². The maximum Gasteiger partial charge on any atom is 0.316 e. The fraction of sp³-hybridized carbons (Fsp3) is 0.0741. The van der Waals surface area contributed by atoms with E-state index in [-0.39, 0.29) is 18.1 Å². The van der Waals surface area contributed by atoms with Crippen LogP contribution < -0.4 is 10.6 Å². The summed E-state index contributed by atoms with van der Waals surface area (Å²) in [5.74, 6) is 0. The number of carbonyl (C=O) groups is 1. The molecule has 32 heavy (non-hydrogen) atoms. The molecule has 2 atom stereocenters. The van der Waals surface area contributed by atoms with E-state index < -0.39 is 0 Å². The third kappa shape index (κ3) is 5.67. The number of hydrogen-bond donors (Lipinski definition) is 2. The highest BCUT2D eigenvalue weighted by Crippen LogP contribution is 2.26. The monoisotopic (exact) mass is 548 g/mol. The first-order chi connectivity index (χ1) is 15.6. The molecule has 2 unspecified atom stereocenters. The van der Waals surface area contributed by atoms with Gasteiger partial charge in [-0.1, -0.05) is 117 Å². The lowest BCUT2D eigenvalue weighted by Gasteiger charge is -2.24. The predicted molar refractivity (Wildman–Crippen MR) is 137 cm³/mol. The minimum Gasteiger partial charge on any atom is -0.327 e. The van der Waals surface area contributed by atoms with Crippen molar-refractivity contribution in [2.45, 2.75) is 12.1 Å². The number of urea groups is 1. The van der Waals surface area contributed by atoms with Gasteiger partial charge < -0.3 is 10.6 Å². The van der Waals surface area contributed by atoms with E-state index in [1.54, 1.807) is 0 Å². The zero-order valence-electron chi connectivity index (χ0n) is 17.2. The molecule has 0 saturated carbocycles. The van der Waals surface area contributed by atoms with Crippen molar-refractivity contribution in [1.29, 1.82) is 0 Å². The summed E-state index contributed by atoms with van der Waals surface area (Å²) in [5.41, 5.74) is 4.05. The van der Waals surface area contributed by atoms with Gasteiger partial charge in [-0.25, -0.2) is 4.79 Å². The van der Waals surface area contributed by atoms with E-state index in [1.165, 1.54) is 0 Å². The van der Waals surface area contributed by atoms with Crippen molar-refractivity contribution in [2.75, 3.05) is 0 Å². The van der Waals surface area contributed by atoms with Crippen LogP contribution in [0.3, 0.4) is 0 Å². The number of amides is 2. The number of carbonyl (C=O) groups excluding carboxylic acids is 1. The second-order valence-corrected chi connectivity index (χ2v) is 9.24. The number of benzene rings is 4. The number of hydrogen-bond acceptors (Lipinski definition) is 1. The maximum absolute atomic E-state index is 13.3. The van der Waals surface area contributed by atoms with Gasteiger partial charge in [0.1, 0.15) is 0 Å². The highest BCUT2D eigenvalue weighted by molar-refractivity contribution is 9.10. The zero-order chi connectivity index (χ0) is 22.3. The first-order valence-electron chi connectivity index (χ1n) is 10.3. The van der Waals surface area contributed by atoms with E-state index in [0.29, 0.717) is 0 Å². The Morgan fingerprint density at radius 1 is 0.500 bits per heavy atom. The molecule has 0 heterocycles. The van der Waals surface area contributed by atoms with Gasteiger partial charge in [-0.05, 0) is 46.5 Å². The number of rotatable bonds is 6. The van der Waals surface area contributed by atoms with Crippen molar-refractivity contribution in [3.63, 3.8) is 0 Å². The fourth-order valence-electron chi connectivity index (χ4n) is 3.62. The van der Waals surface area contributed by atoms with Crippen molar-refractivity contribution in [3.05, 3.63) is 140 Å². The van der Waals surface area contributed by atoms with Crippen LogP contribution in [0.1, 0.15) is 34.3 Å². The summed E-state index contributed by atoms with van der Waals surface area (Å²) >= 11 is 6.98. The number of halogens is 2. The predicted octanol–water partition coefficient (Wildman–Crippen LogP) is 7.39. The Morgan fingerprint density at radius 3 is 1.16 bits per heavy atom. The Morgan fingerprint density at radius 2 is 0.812 bits per heavy atom. The van der Waals surface area contributed by atoms with E-state index in [1.807, 2.05) is 109 Å². The SMILES string of the molecule is O=C(NC(c1ccccc1)c1ccc(Br)cc1)NC(c1ccccc1)c1ccc(Br)cc1. The molecule has 0 bridgehead atoms. The molecule has 0 aromatic heterocycles. The Labute approximate surface area is 205 Å². The van der Waals surface area contributed by atoms with Crippen molar-refractivity contribution in [2.24, 2.45) is 0 Å². The standard InChI is InChI=1S/C27H22Br2N2O/c28-23-15-11-21(12-16-23)25(19-7-3-1-4-8-19)30-27(32)31-26(20-9-5-2-6-10-20)22-13-17-24(29)18-14-22/h1-18,25-26H,(H2,30,31,32). The Kier molecular flexibility index (Phi) is 7.40. The summed E-state index contributed by atoms with van der Waals surface area (Å²) in [5, 5.41) is 6.35. The molecule has 0 fully saturated rings. The topological polar surface area (TPSA) is 41.1 Å². The summed E-state index contributed by atoms with van der Waals surface area (Å²) in [6, 6.07) is 35.2. The van der Waals surface area contributed by atoms with Crippen molar-refractivity contribution in [3.8, 4) is 0 Å². The Balaban J connectivity index is 1.61. The summed E-state index contributed by atoms with van der Waals surface area (Å²) in [4.78, 5) is 13.3. The van der Waals surface area contributed by atoms with Gasteiger partial charge in [-0.2, -0.15) is 0 Å². The molecule has 0 aliphatic rings. The fourth-order valence-corrected chi connectivity index (χ4v) is 4.15. The van der Waals surface area contributed by atoms with Gasteiger partial charge in [0.25, 0.3) is 0 Å². The molecule has 0 aliphatic heterocycles. The number of nitrogens with one attached hydrogen (secondary N) is 2. The molecule has 3 nitrogen and oxygen atoms in total. The smallest absolute Gasteiger partial charge is 0.316 e. The Hall–Kier alpha value is -2.89. The molecule has 4 rings (SSSR count). The lowest BCUT2D eigenvalue weighted by molar-refractivity contribution is 0.236. The minimum absolute atomic E-state index is 0.237. The maximum atomic E-state index is 13.3. The van der Waals surface area contributed by atoms with Gasteiger partial charge in [0.15, 0.2) is 0 Å². The van der Waals surface area contributed by atoms with Gasteiger partial charge in [-0.15, -0.1) is 0 Å². The van der Waals surface area contributed by atoms with Crippen molar-refractivity contribution in [1.82, 2.24) is 10.6 Å². The quantitative estimate of drug-likeness (QED) is 0.258. The molecule has 0 saturated heterocycles. The largest absolute Gasteiger partial charge is 0.327 e. The lowest BCUT2D eigenvalue weighted by Crippen LogP contribution is -2.40. The van der Waals surface area contributed by atoms with Gasteiger partial charge in [-0.3, -0.25) is 0 Å². The normalized spacial score (nSPS) is 12.6. The first kappa shape index (κ1) is 22.3. The lowest BCUT2D eigenvalue weighted by atomic mass is 9.98. The molecule has 5 heteroatoms. The van der Waals surface area contributed by atoms with Crippen LogP contribution in [0.5, 0.6) is 0 Å². The molecule has 4 aromatic rings. The second-order valence-electron chi connectivity index (χ2n) is 7.41. The highest BCUT2D eigenvalue weighted by atomic mass is 79.9. The van der Waals surface area contributed by atoms with E-state index >= 15 is 0 Å². The summed E-state index contributed by atoms with van der Waals surface area (Å²) in [7, 11) is 0. The van der Waals surface area contributed by atoms with Crippen LogP contribution in [0.4, 0.5) is 4.79 Å². The molecular formula is C27H22Br2N2O. The average Bonchev–Trinajstić information content (AvgIpc) is 2.83. The van der Waals surface area contributed by atoms with Gasteiger partial charge >= 0.3 is 6.03 Å². The van der Waals surface area contributed by atoms with Gasteiger partial charge in [0.2, 0.25) is 0 Å². The summed E-state index contributed by atoms with van der Waals surface area (Å²) in [6.45, 7) is 0. The summed E-state index contributed by atoms with van der Waals surface area (Å²) in [6.07, 6.45) is 0. The van der Waals surface area contributed by atoms with Crippen LogP contribution in [0.15, 0.2) is 118 Å². The molecule has 4 aromatic carbocycles. The molecule has 0 radical (unpaired) electrons. The van der Waals surface area contributed by atoms with Gasteiger partial charge in [0, 0.05) is 8.95 Å². The van der Waals surface area contributed by atoms with Crippen LogP contribution in [0.25, 0.3) is 0 Å². The van der Waals surface area contributed by atoms with Crippen molar-refractivity contribution >= 4 is 37.9 Å². The minimum atomic E-state index is -0.273. The van der Waals surface area contributed by atoms with Gasteiger partial charge in [0.05, 0.1) is 12.1 Å². The van der Waals surface area contributed by atoms with Crippen LogP contribution >= 0.6 is 31.9 Å². The van der Waals surface area contributed by atoms with E-state index in [4.69, 9.17) is 0 Å². The molecule has 2 amide bonds. The summed E-state index contributed by atoms with van der Waals surface area (Å²) < 4.78 is 1.99. The van der Waals surface area contributed by atoms with E-state index in [9.17, 15) is 4.79 Å². The zero-order valence-corrected chi connectivity index (χ0v) is 20.4. The third-order valence-corrected chi connectivity index (χ3v) is 6.28. The molecular weight excluding hydrogens is 528 g/mol. The Bertz CT molecular complexity index is 1050. The molecule has 0 aliphatic carbocycles. The molecule has 160 valence electrons. The third-order valence-electron chi connectivity index (χ3n) is 5.22. The van der Waals surface area contributed by atoms with E-state index in [0.717, 1.165) is 31.2 Å². The van der Waals surface area contributed by atoms with Crippen LogP contribution in [-0.2, 0) is 0 Å². The van der Waals surface area contributed by atoms with Crippen LogP contribution in [-0.4, -0.2) is 6.03 Å². The van der Waals surface area contributed by atoms with Crippen LogP contribution in [0, 0.1) is 0 Å². The second kappa shape index (κ2) is 10.6. The highest BCUT2D eigenvalue weighted by Gasteiger charge is 2.21. The average molecular weight is 550 g/mol.